The summed E-state index contributed by atoms with van der Waals surface area (Å²) in [5, 5.41) is 0. The molecule has 0 aromatic rings. The zero-order valence-corrected chi connectivity index (χ0v) is 53.5. The molecule has 4 aliphatic rings. The first-order chi connectivity index (χ1) is 38.1. The Labute approximate surface area is 486 Å². The van der Waals surface area contributed by atoms with Crippen LogP contribution in [0.1, 0.15) is 363 Å². The highest BCUT2D eigenvalue weighted by atomic mass is 16.5. The van der Waals surface area contributed by atoms with Crippen molar-refractivity contribution in [3.63, 3.8) is 0 Å². The lowest BCUT2D eigenvalue weighted by atomic mass is 9.37. The van der Waals surface area contributed by atoms with E-state index >= 15 is 0 Å². The summed E-state index contributed by atoms with van der Waals surface area (Å²) in [4.78, 5) is 29.3. The number of rotatable bonds is 57. The lowest BCUT2D eigenvalue weighted by Crippen LogP contribution is -2.57. The lowest BCUT2D eigenvalue weighted by molar-refractivity contribution is -0.172. The number of hydrogen-bond donors (Lipinski definition) is 0. The quantitative estimate of drug-likeness (QED) is 0.0344. The minimum atomic E-state index is 0.0404. The van der Waals surface area contributed by atoms with Crippen LogP contribution in [0.3, 0.4) is 0 Å². The smallest absolute Gasteiger partial charge is 0.305 e. The van der Waals surface area contributed by atoms with Crippen molar-refractivity contribution in [2.75, 3.05) is 39.5 Å². The number of unbranched alkanes of at least 4 members (excludes halogenated alkanes) is 24. The first kappa shape index (κ1) is 70.7. The molecule has 0 amide bonds. The Morgan fingerprint density at radius 2 is 0.705 bits per heavy atom. The van der Waals surface area contributed by atoms with Gasteiger partial charge in [-0.3, -0.25) is 9.59 Å². The predicted molar refractivity (Wildman–Crippen MR) is 336 cm³/mol. The maximum atomic E-state index is 13.4. The van der Waals surface area contributed by atoms with E-state index in [2.05, 4.69) is 53.0 Å². The van der Waals surface area contributed by atoms with Gasteiger partial charge >= 0.3 is 11.9 Å². The number of carbonyl (C=O) groups is 2. The highest BCUT2D eigenvalue weighted by Crippen LogP contribution is 2.73. The van der Waals surface area contributed by atoms with Gasteiger partial charge in [0.25, 0.3) is 0 Å². The van der Waals surface area contributed by atoms with Gasteiger partial charge in [0.15, 0.2) is 0 Å². The van der Waals surface area contributed by atoms with E-state index in [9.17, 15) is 9.59 Å². The molecule has 78 heavy (non-hydrogen) atoms. The lowest BCUT2D eigenvalue weighted by Gasteiger charge is -2.67. The second-order valence-corrected chi connectivity index (χ2v) is 27.2. The molecule has 6 heteroatoms. The maximum absolute atomic E-state index is 13.4. The van der Waals surface area contributed by atoms with Crippen molar-refractivity contribution in [2.24, 2.45) is 34.0 Å². The average Bonchev–Trinajstić information content (AvgIpc) is 3.43. The van der Waals surface area contributed by atoms with E-state index in [1.807, 2.05) is 0 Å². The Morgan fingerprint density at radius 3 is 1.03 bits per heavy atom. The summed E-state index contributed by atoms with van der Waals surface area (Å²) >= 11 is 0. The molecule has 4 rings (SSSR count). The van der Waals surface area contributed by atoms with Crippen LogP contribution in [0.2, 0.25) is 0 Å². The molecule has 2 atom stereocenters. The van der Waals surface area contributed by atoms with Gasteiger partial charge < -0.3 is 19.1 Å². The first-order valence-electron chi connectivity index (χ1n) is 35.4. The van der Waals surface area contributed by atoms with Crippen LogP contribution in [-0.4, -0.2) is 56.3 Å². The van der Waals surface area contributed by atoms with E-state index in [0.29, 0.717) is 54.1 Å². The summed E-state index contributed by atoms with van der Waals surface area (Å²) in [6, 6.07) is 0. The molecule has 4 fully saturated rings. The minimum Gasteiger partial charge on any atom is -0.499 e. The van der Waals surface area contributed by atoms with E-state index in [-0.39, 0.29) is 11.9 Å². The Hall–Kier alpha value is -1.56. The van der Waals surface area contributed by atoms with Crippen LogP contribution in [0.4, 0.5) is 0 Å². The summed E-state index contributed by atoms with van der Waals surface area (Å²) in [6.07, 6.45) is 62.9. The van der Waals surface area contributed by atoms with E-state index in [0.717, 1.165) is 82.9 Å². The van der Waals surface area contributed by atoms with Crippen LogP contribution < -0.4 is 0 Å². The van der Waals surface area contributed by atoms with Crippen LogP contribution >= 0.6 is 0 Å². The zero-order chi connectivity index (χ0) is 56.3. The van der Waals surface area contributed by atoms with Gasteiger partial charge in [-0.05, 0) is 150 Å². The molecular weight excluding hydrogens is 959 g/mol. The van der Waals surface area contributed by atoms with Crippen molar-refractivity contribution >= 4 is 11.9 Å². The molecule has 2 unspecified atom stereocenters. The second kappa shape index (κ2) is 44.9. The van der Waals surface area contributed by atoms with Gasteiger partial charge in [-0.2, -0.15) is 0 Å². The standard InChI is InChI=1S/C72H135NO5/c1-8-14-18-22-26-30-34-43-65(44-35-31-27-23-19-15-9-2)47-49-68(74)77-56-40-52-71-59-67-58-70(61-71,51-39-55-76-64(7)42-38-54-73(12-5)13-6)62-72(60-67,63-71)53-41-57-78-69(75)50-48-66(45-36-32-28-24-20-16-10-3)46-37-33-29-25-21-17-11-4/h65-67H,7-63H2,1-6H3. The number of nitrogens with zero attached hydrogens (tertiary/aromatic N) is 1. The van der Waals surface area contributed by atoms with Crippen molar-refractivity contribution in [2.45, 2.75) is 363 Å². The third-order valence-electron chi connectivity index (χ3n) is 20.0. The van der Waals surface area contributed by atoms with Gasteiger partial charge in [0.2, 0.25) is 0 Å². The van der Waals surface area contributed by atoms with Crippen LogP contribution in [0.15, 0.2) is 12.3 Å². The maximum Gasteiger partial charge on any atom is 0.305 e. The van der Waals surface area contributed by atoms with E-state index in [4.69, 9.17) is 14.2 Å². The molecule has 0 saturated heterocycles. The third-order valence-corrected chi connectivity index (χ3v) is 20.0. The summed E-state index contributed by atoms with van der Waals surface area (Å²) in [5.41, 5.74) is 1.02. The second-order valence-electron chi connectivity index (χ2n) is 27.2. The highest BCUT2D eigenvalue weighted by Gasteiger charge is 2.62. The number of carbonyl (C=O) groups excluding carboxylic acids is 2. The molecule has 0 heterocycles. The third kappa shape index (κ3) is 32.3. The molecule has 4 aliphatic carbocycles. The van der Waals surface area contributed by atoms with Gasteiger partial charge in [0, 0.05) is 19.3 Å². The first-order valence-corrected chi connectivity index (χ1v) is 35.4. The number of hydrogen-bond acceptors (Lipinski definition) is 6. The van der Waals surface area contributed by atoms with Gasteiger partial charge in [-0.25, -0.2) is 0 Å². The average molecular weight is 1090 g/mol. The highest BCUT2D eigenvalue weighted by molar-refractivity contribution is 5.69. The van der Waals surface area contributed by atoms with Crippen molar-refractivity contribution < 1.29 is 23.8 Å². The fourth-order valence-corrected chi connectivity index (χ4v) is 16.2. The molecule has 0 aromatic heterocycles. The van der Waals surface area contributed by atoms with Crippen LogP contribution in [-0.2, 0) is 23.8 Å². The molecule has 6 nitrogen and oxygen atoms in total. The Balaban J connectivity index is 1.55. The predicted octanol–water partition coefficient (Wildman–Crippen LogP) is 22.4. The topological polar surface area (TPSA) is 65.1 Å². The molecule has 0 spiro atoms. The molecule has 4 bridgehead atoms. The molecule has 0 radical (unpaired) electrons. The largest absolute Gasteiger partial charge is 0.499 e. The van der Waals surface area contributed by atoms with Gasteiger partial charge in [0.1, 0.15) is 0 Å². The van der Waals surface area contributed by atoms with Crippen molar-refractivity contribution in [3.05, 3.63) is 12.3 Å². The fourth-order valence-electron chi connectivity index (χ4n) is 16.2. The molecule has 0 N–H and O–H groups in total. The van der Waals surface area contributed by atoms with E-state index < -0.39 is 0 Å². The summed E-state index contributed by atoms with van der Waals surface area (Å²) in [5.74, 6) is 3.13. The number of allylic oxidation sites excluding steroid dienone is 1. The normalized spacial score (nSPS) is 20.7. The molecule has 458 valence electrons. The van der Waals surface area contributed by atoms with Gasteiger partial charge in [-0.1, -0.05) is 254 Å². The van der Waals surface area contributed by atoms with Crippen LogP contribution in [0.5, 0.6) is 0 Å². The monoisotopic (exact) mass is 1090 g/mol. The van der Waals surface area contributed by atoms with E-state index in [1.54, 1.807) is 0 Å². The van der Waals surface area contributed by atoms with Crippen molar-refractivity contribution in [1.29, 1.82) is 0 Å². The van der Waals surface area contributed by atoms with Crippen molar-refractivity contribution in [3.8, 4) is 0 Å². The minimum absolute atomic E-state index is 0.0404. The van der Waals surface area contributed by atoms with Crippen LogP contribution in [0, 0.1) is 34.0 Å². The fraction of sp³-hybridized carbons (Fsp3) is 0.944. The van der Waals surface area contributed by atoms with Crippen LogP contribution in [0.25, 0.3) is 0 Å². The summed E-state index contributed by atoms with van der Waals surface area (Å²) in [7, 11) is 0. The Bertz CT molecular complexity index is 1340. The SMILES string of the molecule is C=C(CCCN(CC)CC)OCCCC12CC3CC(CCCOC(=O)CCC(CCCCCCCCC)CCCCCCCCC)(C1)CC(CCCOC(=O)CCC(CCCCCCCCC)CCCCCCCCC)(C3)C2. The van der Waals surface area contributed by atoms with E-state index in [1.165, 1.54) is 263 Å². The summed E-state index contributed by atoms with van der Waals surface area (Å²) in [6.45, 7) is 23.3. The molecule has 4 saturated carbocycles. The number of esters is 2. The van der Waals surface area contributed by atoms with Gasteiger partial charge in [0.05, 0.1) is 25.6 Å². The van der Waals surface area contributed by atoms with Gasteiger partial charge in [-0.15, -0.1) is 0 Å². The molecular formula is C72H135NO5. The summed E-state index contributed by atoms with van der Waals surface area (Å²) < 4.78 is 18.6. The molecule has 0 aliphatic heterocycles. The Morgan fingerprint density at radius 1 is 0.397 bits per heavy atom. The van der Waals surface area contributed by atoms with Crippen molar-refractivity contribution in [1.82, 2.24) is 4.90 Å². The zero-order valence-electron chi connectivity index (χ0n) is 53.5. The number of ether oxygens (including phenoxy) is 3. The molecule has 0 aromatic carbocycles. The Kier molecular flexibility index (Phi) is 40.7.